The molecule has 0 aromatic heterocycles. The summed E-state index contributed by atoms with van der Waals surface area (Å²) in [5.74, 6) is -1.13. The fourth-order valence-corrected chi connectivity index (χ4v) is 4.29. The van der Waals surface area contributed by atoms with Gasteiger partial charge in [0, 0.05) is 12.2 Å². The zero-order chi connectivity index (χ0) is 28.6. The monoisotopic (exact) mass is 525 g/mol. The van der Waals surface area contributed by atoms with Crippen LogP contribution in [0.1, 0.15) is 69.3 Å². The van der Waals surface area contributed by atoms with Gasteiger partial charge in [-0.1, -0.05) is 68.3 Å². The van der Waals surface area contributed by atoms with Gasteiger partial charge in [0.2, 0.25) is 5.91 Å². The third-order valence-corrected chi connectivity index (χ3v) is 6.42. The number of carbonyl (C=O) groups is 3. The first-order valence-corrected chi connectivity index (χ1v) is 13.1. The van der Waals surface area contributed by atoms with Crippen molar-refractivity contribution in [2.24, 2.45) is 5.92 Å². The molecule has 3 atom stereocenters. The predicted octanol–water partition coefficient (Wildman–Crippen LogP) is 5.05. The van der Waals surface area contributed by atoms with Crippen molar-refractivity contribution in [1.29, 1.82) is 0 Å². The number of aliphatic hydroxyl groups excluding tert-OH is 1. The fourth-order valence-electron chi connectivity index (χ4n) is 4.29. The van der Waals surface area contributed by atoms with Crippen molar-refractivity contribution in [3.8, 4) is 0 Å². The number of benzene rings is 2. The van der Waals surface area contributed by atoms with E-state index in [1.54, 1.807) is 26.8 Å². The number of nitrogens with zero attached hydrogens (tertiary/aromatic N) is 1. The van der Waals surface area contributed by atoms with E-state index in [4.69, 9.17) is 4.74 Å². The Hall–Kier alpha value is -3.39. The zero-order valence-corrected chi connectivity index (χ0v) is 23.9. The SMILES string of the molecule is CCC(C)C(NC(=O)OC(C)(C)C)C(=O)N(CCO)C(C(=O)Nc1c(C)cccc1C)c1cccc(C)c1. The molecule has 0 spiro atoms. The molecule has 0 saturated heterocycles. The Balaban J connectivity index is 2.56. The highest BCUT2D eigenvalue weighted by Gasteiger charge is 2.38. The normalized spacial score (nSPS) is 13.7. The summed E-state index contributed by atoms with van der Waals surface area (Å²) in [4.78, 5) is 42.0. The van der Waals surface area contributed by atoms with Gasteiger partial charge in [-0.15, -0.1) is 0 Å². The summed E-state index contributed by atoms with van der Waals surface area (Å²) in [7, 11) is 0. The molecule has 2 rings (SSSR count). The highest BCUT2D eigenvalue weighted by Crippen LogP contribution is 2.28. The Labute approximate surface area is 226 Å². The molecular weight excluding hydrogens is 482 g/mol. The van der Waals surface area contributed by atoms with Gasteiger partial charge >= 0.3 is 6.09 Å². The number of rotatable bonds is 10. The van der Waals surface area contributed by atoms with E-state index < -0.39 is 35.6 Å². The van der Waals surface area contributed by atoms with Crippen LogP contribution in [0.3, 0.4) is 0 Å². The van der Waals surface area contributed by atoms with E-state index in [1.807, 2.05) is 71.0 Å². The summed E-state index contributed by atoms with van der Waals surface area (Å²) in [6.45, 7) is 14.3. The van der Waals surface area contributed by atoms with Crippen LogP contribution in [0.15, 0.2) is 42.5 Å². The van der Waals surface area contributed by atoms with Crippen molar-refractivity contribution in [1.82, 2.24) is 10.2 Å². The van der Waals surface area contributed by atoms with Crippen LogP contribution in [0.4, 0.5) is 10.5 Å². The van der Waals surface area contributed by atoms with Gasteiger partial charge in [0.1, 0.15) is 17.7 Å². The molecule has 3 amide bonds. The lowest BCUT2D eigenvalue weighted by Crippen LogP contribution is -2.55. The molecule has 38 heavy (non-hydrogen) atoms. The van der Waals surface area contributed by atoms with Crippen molar-refractivity contribution in [3.63, 3.8) is 0 Å². The number of anilines is 1. The largest absolute Gasteiger partial charge is 0.444 e. The number of nitrogens with one attached hydrogen (secondary N) is 2. The average Bonchev–Trinajstić information content (AvgIpc) is 2.82. The van der Waals surface area contributed by atoms with Gasteiger partial charge in [-0.25, -0.2) is 4.79 Å². The maximum absolute atomic E-state index is 14.1. The Morgan fingerprint density at radius 3 is 2.16 bits per heavy atom. The first-order chi connectivity index (χ1) is 17.8. The third-order valence-electron chi connectivity index (χ3n) is 6.42. The Kier molecular flexibility index (Phi) is 10.9. The number of alkyl carbamates (subject to hydrolysis) is 1. The van der Waals surface area contributed by atoms with Gasteiger partial charge in [-0.3, -0.25) is 9.59 Å². The number of ether oxygens (including phenoxy) is 1. The van der Waals surface area contributed by atoms with Crippen LogP contribution in [-0.4, -0.2) is 52.7 Å². The lowest BCUT2D eigenvalue weighted by molar-refractivity contribution is -0.142. The van der Waals surface area contributed by atoms with Crippen molar-refractivity contribution >= 4 is 23.6 Å². The molecule has 3 unspecified atom stereocenters. The molecule has 208 valence electrons. The zero-order valence-electron chi connectivity index (χ0n) is 23.9. The second-order valence-corrected chi connectivity index (χ2v) is 10.8. The van der Waals surface area contributed by atoms with Crippen LogP contribution in [0.5, 0.6) is 0 Å². The molecule has 2 aromatic rings. The first kappa shape index (κ1) is 30.8. The summed E-state index contributed by atoms with van der Waals surface area (Å²) in [6.07, 6.45) is -0.115. The molecule has 2 aromatic carbocycles. The number of carbonyl (C=O) groups excluding carboxylic acids is 3. The van der Waals surface area contributed by atoms with Crippen LogP contribution in [0, 0.1) is 26.7 Å². The van der Waals surface area contributed by atoms with Gasteiger partial charge in [-0.2, -0.15) is 0 Å². The van der Waals surface area contributed by atoms with E-state index in [9.17, 15) is 19.5 Å². The van der Waals surface area contributed by atoms with E-state index in [-0.39, 0.29) is 19.1 Å². The summed E-state index contributed by atoms with van der Waals surface area (Å²) < 4.78 is 5.42. The Bertz CT molecular complexity index is 1100. The lowest BCUT2D eigenvalue weighted by Gasteiger charge is -2.36. The highest BCUT2D eigenvalue weighted by molar-refractivity contribution is 6.00. The van der Waals surface area contributed by atoms with Crippen LogP contribution in [-0.2, 0) is 14.3 Å². The quantitative estimate of drug-likeness (QED) is 0.402. The number of aryl methyl sites for hydroxylation is 3. The number of amides is 3. The molecule has 0 saturated carbocycles. The van der Waals surface area contributed by atoms with Crippen LogP contribution >= 0.6 is 0 Å². The second-order valence-electron chi connectivity index (χ2n) is 10.8. The molecule has 0 heterocycles. The molecule has 0 radical (unpaired) electrons. The molecule has 8 nitrogen and oxygen atoms in total. The highest BCUT2D eigenvalue weighted by atomic mass is 16.6. The van der Waals surface area contributed by atoms with Gasteiger partial charge in [-0.05, 0) is 64.2 Å². The van der Waals surface area contributed by atoms with Crippen LogP contribution < -0.4 is 10.6 Å². The standard InChI is InChI=1S/C30H43N3O5/c1-9-20(3)25(32-29(37)38-30(6,7)8)28(36)33(16-17-34)26(23-15-10-12-19(2)18-23)27(35)31-24-21(4)13-11-14-22(24)5/h10-15,18,20,25-26,34H,9,16-17H2,1-8H3,(H,31,35)(H,32,37). The minimum atomic E-state index is -1.04. The van der Waals surface area contributed by atoms with E-state index in [1.165, 1.54) is 4.90 Å². The molecule has 0 aliphatic heterocycles. The number of para-hydroxylation sites is 1. The van der Waals surface area contributed by atoms with Crippen molar-refractivity contribution in [3.05, 3.63) is 64.7 Å². The summed E-state index contributed by atoms with van der Waals surface area (Å²) in [5, 5.41) is 15.7. The maximum Gasteiger partial charge on any atom is 0.408 e. The van der Waals surface area contributed by atoms with Gasteiger partial charge in [0.05, 0.1) is 6.61 Å². The van der Waals surface area contributed by atoms with Gasteiger partial charge in [0.15, 0.2) is 0 Å². The van der Waals surface area contributed by atoms with Crippen molar-refractivity contribution < 1.29 is 24.2 Å². The molecule has 0 aliphatic rings. The fraction of sp³-hybridized carbons (Fsp3) is 0.500. The molecule has 0 fully saturated rings. The summed E-state index contributed by atoms with van der Waals surface area (Å²) in [5.41, 5.74) is 3.26. The smallest absolute Gasteiger partial charge is 0.408 e. The Morgan fingerprint density at radius 2 is 1.63 bits per heavy atom. The van der Waals surface area contributed by atoms with E-state index in [2.05, 4.69) is 10.6 Å². The van der Waals surface area contributed by atoms with Crippen molar-refractivity contribution in [2.75, 3.05) is 18.5 Å². The van der Waals surface area contributed by atoms with E-state index >= 15 is 0 Å². The van der Waals surface area contributed by atoms with Crippen LogP contribution in [0.2, 0.25) is 0 Å². The lowest BCUT2D eigenvalue weighted by atomic mass is 9.95. The Morgan fingerprint density at radius 1 is 1.03 bits per heavy atom. The van der Waals surface area contributed by atoms with E-state index in [0.717, 1.165) is 16.7 Å². The summed E-state index contributed by atoms with van der Waals surface area (Å²) in [6, 6.07) is 11.1. The first-order valence-electron chi connectivity index (χ1n) is 13.1. The topological polar surface area (TPSA) is 108 Å². The number of aliphatic hydroxyl groups is 1. The van der Waals surface area contributed by atoms with Gasteiger partial charge in [0.25, 0.3) is 5.91 Å². The molecular formula is C30H43N3O5. The number of hydrogen-bond donors (Lipinski definition) is 3. The molecule has 8 heteroatoms. The predicted molar refractivity (Wildman–Crippen MR) is 150 cm³/mol. The summed E-state index contributed by atoms with van der Waals surface area (Å²) >= 11 is 0. The van der Waals surface area contributed by atoms with Crippen LogP contribution in [0.25, 0.3) is 0 Å². The minimum absolute atomic E-state index is 0.0967. The third kappa shape index (κ3) is 8.31. The second kappa shape index (κ2) is 13.4. The minimum Gasteiger partial charge on any atom is -0.444 e. The maximum atomic E-state index is 14.1. The van der Waals surface area contributed by atoms with E-state index in [0.29, 0.717) is 17.7 Å². The van der Waals surface area contributed by atoms with Gasteiger partial charge < -0.3 is 25.4 Å². The number of hydrogen-bond acceptors (Lipinski definition) is 5. The van der Waals surface area contributed by atoms with Crippen molar-refractivity contribution in [2.45, 2.75) is 79.5 Å². The average molecular weight is 526 g/mol. The molecule has 0 bridgehead atoms. The molecule has 0 aliphatic carbocycles. The molecule has 3 N–H and O–H groups in total.